The van der Waals surface area contributed by atoms with Crippen LogP contribution in [0, 0.1) is 6.92 Å². The van der Waals surface area contributed by atoms with Crippen LogP contribution in [0.5, 0.6) is 0 Å². The maximum absolute atomic E-state index is 12.3. The number of carbonyl (C=O) groups is 1. The standard InChI is InChI=1S/C14H18N4O2/c1-10-7-12(20-17-10)8-14(19)18-6-2-3-11(9-18)13-4-5-15-16-13/h4-5,7,11H,2-3,6,8-9H2,1H3,(H,15,16). The number of aromatic nitrogens is 3. The summed E-state index contributed by atoms with van der Waals surface area (Å²) in [5.74, 6) is 1.09. The third kappa shape index (κ3) is 2.74. The van der Waals surface area contributed by atoms with Crippen LogP contribution in [0.25, 0.3) is 0 Å². The molecule has 1 unspecified atom stereocenters. The van der Waals surface area contributed by atoms with Gasteiger partial charge in [0.05, 0.1) is 12.1 Å². The first-order chi connectivity index (χ1) is 9.72. The van der Waals surface area contributed by atoms with Crippen molar-refractivity contribution in [3.8, 4) is 0 Å². The van der Waals surface area contributed by atoms with E-state index in [4.69, 9.17) is 4.52 Å². The molecular weight excluding hydrogens is 256 g/mol. The van der Waals surface area contributed by atoms with Crippen LogP contribution in [0.1, 0.15) is 35.9 Å². The fraction of sp³-hybridized carbons (Fsp3) is 0.500. The van der Waals surface area contributed by atoms with Gasteiger partial charge in [0.15, 0.2) is 0 Å². The highest BCUT2D eigenvalue weighted by atomic mass is 16.5. The molecule has 1 N–H and O–H groups in total. The van der Waals surface area contributed by atoms with Crippen molar-refractivity contribution in [1.29, 1.82) is 0 Å². The van der Waals surface area contributed by atoms with Gasteiger partial charge in [-0.2, -0.15) is 5.10 Å². The molecule has 20 heavy (non-hydrogen) atoms. The summed E-state index contributed by atoms with van der Waals surface area (Å²) >= 11 is 0. The lowest BCUT2D eigenvalue weighted by Crippen LogP contribution is -2.40. The monoisotopic (exact) mass is 274 g/mol. The lowest BCUT2D eigenvalue weighted by Gasteiger charge is -2.32. The summed E-state index contributed by atoms with van der Waals surface area (Å²) in [4.78, 5) is 14.2. The van der Waals surface area contributed by atoms with Crippen LogP contribution >= 0.6 is 0 Å². The molecular formula is C14H18N4O2. The number of amides is 1. The lowest BCUT2D eigenvalue weighted by atomic mass is 9.94. The number of piperidine rings is 1. The van der Waals surface area contributed by atoms with Gasteiger partial charge in [-0.05, 0) is 25.8 Å². The fourth-order valence-corrected chi connectivity index (χ4v) is 2.71. The number of nitrogens with zero attached hydrogens (tertiary/aromatic N) is 3. The summed E-state index contributed by atoms with van der Waals surface area (Å²) in [6.45, 7) is 3.41. The van der Waals surface area contributed by atoms with Gasteiger partial charge in [-0.1, -0.05) is 5.16 Å². The summed E-state index contributed by atoms with van der Waals surface area (Å²) in [7, 11) is 0. The van der Waals surface area contributed by atoms with Crippen molar-refractivity contribution in [1.82, 2.24) is 20.3 Å². The SMILES string of the molecule is Cc1cc(CC(=O)N2CCCC(c3ccn[nH]3)C2)on1. The van der Waals surface area contributed by atoms with Crippen LogP contribution in [-0.4, -0.2) is 39.3 Å². The Morgan fingerprint density at radius 3 is 3.20 bits per heavy atom. The average Bonchev–Trinajstić information content (AvgIpc) is 3.11. The molecule has 0 radical (unpaired) electrons. The van der Waals surface area contributed by atoms with Crippen LogP contribution in [0.15, 0.2) is 22.9 Å². The van der Waals surface area contributed by atoms with Crippen molar-refractivity contribution >= 4 is 5.91 Å². The lowest BCUT2D eigenvalue weighted by molar-refractivity contribution is -0.132. The van der Waals surface area contributed by atoms with Crippen molar-refractivity contribution in [2.24, 2.45) is 0 Å². The summed E-state index contributed by atoms with van der Waals surface area (Å²) < 4.78 is 5.11. The van der Waals surface area contributed by atoms with E-state index in [1.807, 2.05) is 24.0 Å². The zero-order valence-electron chi connectivity index (χ0n) is 11.5. The van der Waals surface area contributed by atoms with Gasteiger partial charge < -0.3 is 9.42 Å². The number of hydrogen-bond donors (Lipinski definition) is 1. The molecule has 6 nitrogen and oxygen atoms in total. The van der Waals surface area contributed by atoms with E-state index < -0.39 is 0 Å². The second-order valence-electron chi connectivity index (χ2n) is 5.30. The Labute approximate surface area is 117 Å². The predicted octanol–water partition coefficient (Wildman–Crippen LogP) is 1.65. The predicted molar refractivity (Wildman–Crippen MR) is 72.1 cm³/mol. The van der Waals surface area contributed by atoms with Crippen molar-refractivity contribution in [3.05, 3.63) is 35.5 Å². The van der Waals surface area contributed by atoms with E-state index in [0.29, 0.717) is 11.7 Å². The Morgan fingerprint density at radius 2 is 2.50 bits per heavy atom. The molecule has 0 aliphatic carbocycles. The van der Waals surface area contributed by atoms with Crippen LogP contribution < -0.4 is 0 Å². The molecule has 1 saturated heterocycles. The van der Waals surface area contributed by atoms with E-state index in [2.05, 4.69) is 15.4 Å². The summed E-state index contributed by atoms with van der Waals surface area (Å²) in [5.41, 5.74) is 1.92. The van der Waals surface area contributed by atoms with Crippen molar-refractivity contribution in [2.45, 2.75) is 32.1 Å². The van der Waals surface area contributed by atoms with Gasteiger partial charge >= 0.3 is 0 Å². The second kappa shape index (κ2) is 5.48. The van der Waals surface area contributed by atoms with E-state index in [9.17, 15) is 4.79 Å². The molecule has 3 heterocycles. The number of rotatable bonds is 3. The molecule has 1 aliphatic rings. The zero-order valence-corrected chi connectivity index (χ0v) is 11.5. The van der Waals surface area contributed by atoms with Gasteiger partial charge in [0.2, 0.25) is 5.91 Å². The number of H-pyrrole nitrogens is 1. The van der Waals surface area contributed by atoms with E-state index >= 15 is 0 Å². The molecule has 3 rings (SSSR count). The van der Waals surface area contributed by atoms with Gasteiger partial charge in [-0.25, -0.2) is 0 Å². The Kier molecular flexibility index (Phi) is 3.54. The Hall–Kier alpha value is -2.11. The molecule has 1 amide bonds. The molecule has 1 fully saturated rings. The normalized spacial score (nSPS) is 19.2. The average molecular weight is 274 g/mol. The first-order valence-electron chi connectivity index (χ1n) is 6.91. The van der Waals surface area contributed by atoms with Gasteiger partial charge in [0, 0.05) is 37.0 Å². The number of aromatic amines is 1. The summed E-state index contributed by atoms with van der Waals surface area (Å²) in [6.07, 6.45) is 4.15. The third-order valence-corrected chi connectivity index (χ3v) is 3.74. The third-order valence-electron chi connectivity index (χ3n) is 3.74. The maximum Gasteiger partial charge on any atom is 0.230 e. The second-order valence-corrected chi connectivity index (χ2v) is 5.30. The van der Waals surface area contributed by atoms with Gasteiger partial charge in [-0.15, -0.1) is 0 Å². The van der Waals surface area contributed by atoms with E-state index in [-0.39, 0.29) is 12.3 Å². The maximum atomic E-state index is 12.3. The molecule has 106 valence electrons. The van der Waals surface area contributed by atoms with E-state index in [1.54, 1.807) is 6.20 Å². The van der Waals surface area contributed by atoms with Crippen molar-refractivity contribution in [3.63, 3.8) is 0 Å². The molecule has 1 aliphatic heterocycles. The molecule has 0 spiro atoms. The minimum atomic E-state index is 0.102. The first-order valence-corrected chi connectivity index (χ1v) is 6.91. The van der Waals surface area contributed by atoms with Gasteiger partial charge in [0.25, 0.3) is 0 Å². The summed E-state index contributed by atoms with van der Waals surface area (Å²) in [6, 6.07) is 3.80. The van der Waals surface area contributed by atoms with Crippen molar-refractivity contribution < 1.29 is 9.32 Å². The van der Waals surface area contributed by atoms with Gasteiger partial charge in [0.1, 0.15) is 5.76 Å². The Bertz CT molecular complexity index is 576. The molecule has 1 atom stereocenters. The number of nitrogens with one attached hydrogen (secondary N) is 1. The highest BCUT2D eigenvalue weighted by Crippen LogP contribution is 2.25. The smallest absolute Gasteiger partial charge is 0.230 e. The topological polar surface area (TPSA) is 75.0 Å². The quantitative estimate of drug-likeness (QED) is 0.923. The van der Waals surface area contributed by atoms with Crippen molar-refractivity contribution in [2.75, 3.05) is 13.1 Å². The molecule has 0 saturated carbocycles. The fourth-order valence-electron chi connectivity index (χ4n) is 2.71. The number of carbonyl (C=O) groups excluding carboxylic acids is 1. The van der Waals surface area contributed by atoms with Crippen LogP contribution in [0.3, 0.4) is 0 Å². The van der Waals surface area contributed by atoms with E-state index in [0.717, 1.165) is 37.3 Å². The molecule has 2 aromatic rings. The largest absolute Gasteiger partial charge is 0.361 e. The van der Waals surface area contributed by atoms with Crippen LogP contribution in [0.2, 0.25) is 0 Å². The van der Waals surface area contributed by atoms with Crippen LogP contribution in [-0.2, 0) is 11.2 Å². The van der Waals surface area contributed by atoms with Crippen LogP contribution in [0.4, 0.5) is 0 Å². The highest BCUT2D eigenvalue weighted by Gasteiger charge is 2.26. The highest BCUT2D eigenvalue weighted by molar-refractivity contribution is 5.78. The van der Waals surface area contributed by atoms with Gasteiger partial charge in [-0.3, -0.25) is 9.89 Å². The zero-order chi connectivity index (χ0) is 13.9. The molecule has 6 heteroatoms. The number of aryl methyl sites for hydroxylation is 1. The number of likely N-dealkylation sites (tertiary alicyclic amines) is 1. The first kappa shape index (κ1) is 12.9. The minimum absolute atomic E-state index is 0.102. The molecule has 0 bridgehead atoms. The van der Waals surface area contributed by atoms with E-state index in [1.165, 1.54) is 0 Å². The Morgan fingerprint density at radius 1 is 1.60 bits per heavy atom. The minimum Gasteiger partial charge on any atom is -0.361 e. The summed E-state index contributed by atoms with van der Waals surface area (Å²) in [5, 5.41) is 10.8. The molecule has 2 aromatic heterocycles. The molecule has 0 aromatic carbocycles. The Balaban J connectivity index is 1.63. The number of hydrogen-bond acceptors (Lipinski definition) is 4.